The summed E-state index contributed by atoms with van der Waals surface area (Å²) in [5.41, 5.74) is 0. The van der Waals surface area contributed by atoms with Gasteiger partial charge in [0.15, 0.2) is 0 Å². The van der Waals surface area contributed by atoms with Crippen LogP contribution in [-0.2, 0) is 27.0 Å². The molecule has 14 heteroatoms. The summed E-state index contributed by atoms with van der Waals surface area (Å²) in [6.45, 7) is 8.71. The maximum absolute atomic E-state index is 9.63. The lowest BCUT2D eigenvalue weighted by molar-refractivity contribution is 0.155. The lowest BCUT2D eigenvalue weighted by atomic mass is 10.4. The predicted molar refractivity (Wildman–Crippen MR) is 99.7 cm³/mol. The van der Waals surface area contributed by atoms with E-state index in [-0.39, 0.29) is 6.15 Å². The maximum Gasteiger partial charge on any atom is 0.478 e. The molecule has 0 heterocycles. The largest absolute Gasteiger partial charge is 0.478 e. The molecule has 7 N–H and O–H groups in total. The summed E-state index contributed by atoms with van der Waals surface area (Å²) in [6.07, 6.45) is 6.67. The van der Waals surface area contributed by atoms with Crippen molar-refractivity contribution in [3.05, 3.63) is 0 Å². The first kappa shape index (κ1) is 31.2. The van der Waals surface area contributed by atoms with Crippen LogP contribution in [-0.4, -0.2) is 39.4 Å². The number of hydrogen-bond donors (Lipinski definition) is 5. The smallest absolute Gasteiger partial charge is 0.344 e. The molecule has 0 aliphatic carbocycles. The van der Waals surface area contributed by atoms with Crippen molar-refractivity contribution in [2.75, 3.05) is 19.8 Å². The van der Waals surface area contributed by atoms with Crippen LogP contribution in [0.5, 0.6) is 0 Å². The van der Waals surface area contributed by atoms with E-state index in [4.69, 9.17) is 33.1 Å². The molecule has 0 aromatic rings. The van der Waals surface area contributed by atoms with Gasteiger partial charge in [-0.05, 0) is 19.3 Å². The molecular weight excluding hydrogens is 411 g/mol. The van der Waals surface area contributed by atoms with E-state index < -0.39 is 24.2 Å². The van der Waals surface area contributed by atoms with E-state index in [9.17, 15) is 9.13 Å². The second kappa shape index (κ2) is 18.9. The first-order valence-electron chi connectivity index (χ1n) is 8.07. The Morgan fingerprint density at radius 3 is 1.12 bits per heavy atom. The molecule has 11 nitrogen and oxygen atoms in total. The van der Waals surface area contributed by atoms with Crippen molar-refractivity contribution in [3.63, 3.8) is 0 Å². The molecule has 0 spiro atoms. The molecule has 0 amide bonds. The molecule has 0 aromatic carbocycles. The second-order valence-corrected chi connectivity index (χ2v) is 8.68. The molecule has 0 saturated heterocycles. The SMILES string of the molecule is CCCCOP(OCCCC)OCCCC.N.O=P(O)(O)OP(=O)(O)O. The first-order chi connectivity index (χ1) is 11.6. The van der Waals surface area contributed by atoms with E-state index in [1.54, 1.807) is 0 Å². The normalized spacial score (nSPS) is 11.7. The molecule has 0 aliphatic heterocycles. The Labute approximate surface area is 156 Å². The summed E-state index contributed by atoms with van der Waals surface area (Å²) in [6, 6.07) is 0. The van der Waals surface area contributed by atoms with Crippen LogP contribution < -0.4 is 6.15 Å². The van der Waals surface area contributed by atoms with Crippen molar-refractivity contribution in [1.29, 1.82) is 0 Å². The van der Waals surface area contributed by atoms with Gasteiger partial charge in [-0.1, -0.05) is 40.0 Å². The summed E-state index contributed by atoms with van der Waals surface area (Å²) in [5.74, 6) is 0. The third-order valence-electron chi connectivity index (χ3n) is 2.30. The van der Waals surface area contributed by atoms with Gasteiger partial charge in [-0.2, -0.15) is 4.31 Å². The molecule has 162 valence electrons. The Bertz CT molecular complexity index is 346. The number of rotatable bonds is 14. The average molecular weight is 445 g/mol. The minimum atomic E-state index is -5.05. The van der Waals surface area contributed by atoms with E-state index in [0.717, 1.165) is 58.3 Å². The van der Waals surface area contributed by atoms with Gasteiger partial charge in [0.25, 0.3) is 0 Å². The fraction of sp³-hybridized carbons (Fsp3) is 1.00. The molecule has 26 heavy (non-hydrogen) atoms. The Balaban J connectivity index is -0.000000453. The summed E-state index contributed by atoms with van der Waals surface area (Å²) in [5, 5.41) is 0. The third-order valence-corrected chi connectivity index (χ3v) is 5.18. The highest BCUT2D eigenvalue weighted by Crippen LogP contribution is 2.53. The van der Waals surface area contributed by atoms with Crippen LogP contribution in [0.4, 0.5) is 0 Å². The lowest BCUT2D eigenvalue weighted by Crippen LogP contribution is -1.99. The van der Waals surface area contributed by atoms with Gasteiger partial charge in [0.1, 0.15) is 0 Å². The van der Waals surface area contributed by atoms with E-state index in [0.29, 0.717) is 0 Å². The van der Waals surface area contributed by atoms with Gasteiger partial charge in [-0.25, -0.2) is 9.13 Å². The highest BCUT2D eigenvalue weighted by atomic mass is 31.3. The Morgan fingerprint density at radius 1 is 0.692 bits per heavy atom. The zero-order chi connectivity index (χ0) is 19.8. The van der Waals surface area contributed by atoms with Crippen LogP contribution in [0.15, 0.2) is 0 Å². The van der Waals surface area contributed by atoms with E-state index in [2.05, 4.69) is 25.1 Å². The van der Waals surface area contributed by atoms with E-state index >= 15 is 0 Å². The predicted octanol–water partition coefficient (Wildman–Crippen LogP) is 4.01. The molecule has 0 aliphatic rings. The van der Waals surface area contributed by atoms with E-state index in [1.807, 2.05) is 0 Å². The lowest BCUT2D eigenvalue weighted by Gasteiger charge is -2.16. The van der Waals surface area contributed by atoms with Crippen LogP contribution in [0, 0.1) is 0 Å². The Kier molecular flexibility index (Phi) is 22.7. The maximum atomic E-state index is 9.63. The highest BCUT2D eigenvalue weighted by molar-refractivity contribution is 7.60. The van der Waals surface area contributed by atoms with Gasteiger partial charge < -0.3 is 39.3 Å². The first-order valence-corrected chi connectivity index (χ1v) is 12.2. The Morgan fingerprint density at radius 2 is 0.962 bits per heavy atom. The average Bonchev–Trinajstić information content (AvgIpc) is 2.44. The van der Waals surface area contributed by atoms with Crippen LogP contribution in [0.25, 0.3) is 0 Å². The topological polar surface area (TPSA) is 187 Å². The number of hydrogen-bond acceptors (Lipinski definition) is 7. The standard InChI is InChI=1S/C12H27O3P.H3N.H4O7P2/c1-4-7-10-13-16(14-11-8-5-2)15-12-9-6-3;;1-8(2,3)7-9(4,5)6/h4-12H2,1-3H3;1H3;(H2,1,2,3)(H2,4,5,6). The van der Waals surface area contributed by atoms with E-state index in [1.165, 1.54) is 0 Å². The Hall–Kier alpha value is 0.530. The summed E-state index contributed by atoms with van der Waals surface area (Å²) in [4.78, 5) is 31.0. The minimum absolute atomic E-state index is 0. The summed E-state index contributed by atoms with van der Waals surface area (Å²) < 4.78 is 39.0. The second-order valence-electron chi connectivity index (χ2n) is 4.85. The molecule has 0 aromatic heterocycles. The third kappa shape index (κ3) is 29.3. The van der Waals surface area contributed by atoms with Gasteiger partial charge in [0.2, 0.25) is 0 Å². The van der Waals surface area contributed by atoms with Crippen molar-refractivity contribution in [2.24, 2.45) is 0 Å². The quantitative estimate of drug-likeness (QED) is 0.192. The van der Waals surface area contributed by atoms with Crippen LogP contribution >= 0.6 is 24.2 Å². The van der Waals surface area contributed by atoms with Crippen molar-refractivity contribution < 1.29 is 46.6 Å². The molecule has 0 atom stereocenters. The zero-order valence-electron chi connectivity index (χ0n) is 15.7. The van der Waals surface area contributed by atoms with Crippen LogP contribution in [0.2, 0.25) is 0 Å². The molecular formula is C12H34NO10P3. The molecule has 0 radical (unpaired) electrons. The zero-order valence-corrected chi connectivity index (χ0v) is 18.3. The summed E-state index contributed by atoms with van der Waals surface area (Å²) >= 11 is 0. The monoisotopic (exact) mass is 445 g/mol. The van der Waals surface area contributed by atoms with Gasteiger partial charge in [-0.15, -0.1) is 0 Å². The van der Waals surface area contributed by atoms with Gasteiger partial charge in [-0.3, -0.25) is 0 Å². The fourth-order valence-electron chi connectivity index (χ4n) is 1.10. The van der Waals surface area contributed by atoms with Gasteiger partial charge in [0, 0.05) is 0 Å². The van der Waals surface area contributed by atoms with Crippen LogP contribution in [0.3, 0.4) is 0 Å². The molecule has 0 fully saturated rings. The van der Waals surface area contributed by atoms with Crippen molar-refractivity contribution in [2.45, 2.75) is 59.3 Å². The fourth-order valence-corrected chi connectivity index (χ4v) is 3.27. The minimum Gasteiger partial charge on any atom is -0.344 e. The van der Waals surface area contributed by atoms with Crippen LogP contribution in [0.1, 0.15) is 59.3 Å². The van der Waals surface area contributed by atoms with Gasteiger partial charge >= 0.3 is 24.2 Å². The molecule has 0 bridgehead atoms. The number of unbranched alkanes of at least 4 members (excludes halogenated alkanes) is 3. The summed E-state index contributed by atoms with van der Waals surface area (Å²) in [7, 11) is -11.2. The molecule has 0 rings (SSSR count). The van der Waals surface area contributed by atoms with Gasteiger partial charge in [0.05, 0.1) is 19.8 Å². The highest BCUT2D eigenvalue weighted by Gasteiger charge is 2.27. The molecule has 0 saturated carbocycles. The van der Waals surface area contributed by atoms with Crippen molar-refractivity contribution >= 4 is 24.2 Å². The number of phosphoric acid groups is 2. The van der Waals surface area contributed by atoms with Crippen molar-refractivity contribution in [3.8, 4) is 0 Å². The molecule has 0 unspecified atom stereocenters. The van der Waals surface area contributed by atoms with Crippen molar-refractivity contribution in [1.82, 2.24) is 6.15 Å².